The van der Waals surface area contributed by atoms with Crippen molar-refractivity contribution >= 4 is 0 Å². The third kappa shape index (κ3) is 4.22. The van der Waals surface area contributed by atoms with E-state index < -0.39 is 11.7 Å². The summed E-state index contributed by atoms with van der Waals surface area (Å²) in [6, 6.07) is 19.2. The molecule has 0 fully saturated rings. The molecule has 0 bridgehead atoms. The summed E-state index contributed by atoms with van der Waals surface area (Å²) in [4.78, 5) is 0. The quantitative estimate of drug-likeness (QED) is 0.554. The highest BCUT2D eigenvalue weighted by molar-refractivity contribution is 5.55. The minimum Gasteiger partial charge on any atom is -0.457 e. The summed E-state index contributed by atoms with van der Waals surface area (Å²) in [5, 5.41) is 18.3. The van der Waals surface area contributed by atoms with Gasteiger partial charge in [-0.05, 0) is 42.5 Å². The first kappa shape index (κ1) is 18.8. The third-order valence-corrected chi connectivity index (χ3v) is 3.69. The van der Waals surface area contributed by atoms with Gasteiger partial charge < -0.3 is 9.47 Å². The van der Waals surface area contributed by atoms with Gasteiger partial charge >= 0.3 is 6.18 Å². The van der Waals surface area contributed by atoms with Crippen molar-refractivity contribution in [2.45, 2.75) is 6.18 Å². The SMILES string of the molecule is N#Cc1cccc(Oc2cccc(Oc3cccc(C(F)(F)F)c3)c2)c1C#N. The Kier molecular flexibility index (Phi) is 5.19. The second-order valence-corrected chi connectivity index (χ2v) is 5.61. The molecule has 3 aromatic carbocycles. The molecule has 0 saturated heterocycles. The molecule has 0 aliphatic heterocycles. The molecule has 0 aliphatic rings. The van der Waals surface area contributed by atoms with Gasteiger partial charge in [-0.15, -0.1) is 0 Å². The van der Waals surface area contributed by atoms with Crippen LogP contribution in [0.25, 0.3) is 0 Å². The van der Waals surface area contributed by atoms with Crippen LogP contribution >= 0.6 is 0 Å². The highest BCUT2D eigenvalue weighted by Crippen LogP contribution is 2.34. The van der Waals surface area contributed by atoms with Crippen LogP contribution in [0.5, 0.6) is 23.0 Å². The van der Waals surface area contributed by atoms with E-state index in [-0.39, 0.29) is 28.4 Å². The van der Waals surface area contributed by atoms with E-state index in [9.17, 15) is 18.4 Å². The van der Waals surface area contributed by atoms with E-state index in [0.29, 0.717) is 5.75 Å². The maximum Gasteiger partial charge on any atom is 0.416 e. The van der Waals surface area contributed by atoms with Gasteiger partial charge in [0.2, 0.25) is 0 Å². The van der Waals surface area contributed by atoms with Crippen molar-refractivity contribution < 1.29 is 22.6 Å². The van der Waals surface area contributed by atoms with E-state index in [4.69, 9.17) is 14.7 Å². The zero-order valence-corrected chi connectivity index (χ0v) is 14.2. The van der Waals surface area contributed by atoms with Crippen LogP contribution in [-0.4, -0.2) is 0 Å². The molecular weight excluding hydrogens is 369 g/mol. The van der Waals surface area contributed by atoms with Crippen LogP contribution in [0.2, 0.25) is 0 Å². The zero-order chi connectivity index (χ0) is 20.1. The minimum atomic E-state index is -4.47. The van der Waals surface area contributed by atoms with Gasteiger partial charge in [-0.1, -0.05) is 18.2 Å². The Labute approximate surface area is 158 Å². The van der Waals surface area contributed by atoms with Crippen LogP contribution in [0, 0.1) is 22.7 Å². The molecule has 4 nitrogen and oxygen atoms in total. The fourth-order valence-corrected chi connectivity index (χ4v) is 2.42. The number of nitrogens with zero attached hydrogens (tertiary/aromatic N) is 2. The maximum absolute atomic E-state index is 12.8. The summed E-state index contributed by atoms with van der Waals surface area (Å²) in [7, 11) is 0. The molecule has 0 aromatic heterocycles. The number of alkyl halides is 3. The van der Waals surface area contributed by atoms with Gasteiger partial charge in [0, 0.05) is 6.07 Å². The van der Waals surface area contributed by atoms with E-state index in [0.717, 1.165) is 12.1 Å². The molecule has 3 rings (SSSR count). The molecule has 0 atom stereocenters. The summed E-state index contributed by atoms with van der Waals surface area (Å²) in [6.07, 6.45) is -4.47. The Morgan fingerprint density at radius 2 is 1.32 bits per heavy atom. The molecule has 0 saturated carbocycles. The average molecular weight is 380 g/mol. The first-order chi connectivity index (χ1) is 13.4. The van der Waals surface area contributed by atoms with E-state index in [2.05, 4.69) is 0 Å². The molecule has 0 unspecified atom stereocenters. The molecule has 0 amide bonds. The van der Waals surface area contributed by atoms with E-state index >= 15 is 0 Å². The molecule has 28 heavy (non-hydrogen) atoms. The first-order valence-electron chi connectivity index (χ1n) is 7.97. The predicted molar refractivity (Wildman–Crippen MR) is 93.9 cm³/mol. The van der Waals surface area contributed by atoms with Gasteiger partial charge in [0.15, 0.2) is 0 Å². The fraction of sp³-hybridized carbons (Fsp3) is 0.0476. The van der Waals surface area contributed by atoms with Crippen molar-refractivity contribution in [1.82, 2.24) is 0 Å². The van der Waals surface area contributed by atoms with Crippen LogP contribution in [0.3, 0.4) is 0 Å². The van der Waals surface area contributed by atoms with Gasteiger partial charge in [-0.3, -0.25) is 0 Å². The number of nitriles is 2. The number of ether oxygens (including phenoxy) is 2. The van der Waals surface area contributed by atoms with Crippen LogP contribution in [0.4, 0.5) is 13.2 Å². The van der Waals surface area contributed by atoms with Crippen molar-refractivity contribution in [2.24, 2.45) is 0 Å². The summed E-state index contributed by atoms with van der Waals surface area (Å²) < 4.78 is 49.6. The molecular formula is C21H11F3N2O2. The number of halogens is 3. The normalized spacial score (nSPS) is 10.6. The first-order valence-corrected chi connectivity index (χ1v) is 7.97. The van der Waals surface area contributed by atoms with Crippen LogP contribution in [0.15, 0.2) is 66.7 Å². The summed E-state index contributed by atoms with van der Waals surface area (Å²) >= 11 is 0. The second kappa shape index (κ2) is 7.73. The molecule has 0 radical (unpaired) electrons. The minimum absolute atomic E-state index is 0.0242. The van der Waals surface area contributed by atoms with Gasteiger partial charge in [0.05, 0.1) is 11.1 Å². The average Bonchev–Trinajstić information content (AvgIpc) is 2.67. The summed E-state index contributed by atoms with van der Waals surface area (Å²) in [5.41, 5.74) is -0.546. The lowest BCUT2D eigenvalue weighted by Gasteiger charge is -2.12. The molecule has 7 heteroatoms. The van der Waals surface area contributed by atoms with E-state index in [1.54, 1.807) is 30.3 Å². The molecule has 0 N–H and O–H groups in total. The Morgan fingerprint density at radius 3 is 1.96 bits per heavy atom. The predicted octanol–water partition coefficient (Wildman–Crippen LogP) is 6.03. The number of rotatable bonds is 4. The molecule has 0 heterocycles. The topological polar surface area (TPSA) is 66.0 Å². The molecule has 3 aromatic rings. The highest BCUT2D eigenvalue weighted by Gasteiger charge is 2.30. The van der Waals surface area contributed by atoms with Crippen molar-refractivity contribution in [3.05, 3.63) is 83.4 Å². The Balaban J connectivity index is 1.85. The van der Waals surface area contributed by atoms with Crippen molar-refractivity contribution in [3.63, 3.8) is 0 Å². The van der Waals surface area contributed by atoms with Crippen LogP contribution in [0.1, 0.15) is 16.7 Å². The standard InChI is InChI=1S/C21H11F3N2O2/c22-21(23,24)15-5-2-6-16(10-15)27-17-7-3-8-18(11-17)28-20-9-1-4-14(12-25)19(20)13-26/h1-11H. The second-order valence-electron chi connectivity index (χ2n) is 5.61. The van der Waals surface area contributed by atoms with Gasteiger partial charge in [0.1, 0.15) is 40.7 Å². The Morgan fingerprint density at radius 1 is 0.714 bits per heavy atom. The van der Waals surface area contributed by atoms with Gasteiger partial charge in [-0.2, -0.15) is 23.7 Å². The van der Waals surface area contributed by atoms with Crippen LogP contribution in [-0.2, 0) is 6.18 Å². The number of hydrogen-bond donors (Lipinski definition) is 0. The molecule has 0 aliphatic carbocycles. The van der Waals surface area contributed by atoms with E-state index in [1.807, 2.05) is 12.1 Å². The molecule has 0 spiro atoms. The van der Waals surface area contributed by atoms with Crippen molar-refractivity contribution in [1.29, 1.82) is 10.5 Å². The van der Waals surface area contributed by atoms with Gasteiger partial charge in [-0.25, -0.2) is 0 Å². The number of hydrogen-bond acceptors (Lipinski definition) is 4. The third-order valence-electron chi connectivity index (χ3n) is 3.69. The van der Waals surface area contributed by atoms with Crippen molar-refractivity contribution in [3.8, 4) is 35.1 Å². The largest absolute Gasteiger partial charge is 0.457 e. The zero-order valence-electron chi connectivity index (χ0n) is 14.2. The highest BCUT2D eigenvalue weighted by atomic mass is 19.4. The number of benzene rings is 3. The Bertz CT molecular complexity index is 1100. The fourth-order valence-electron chi connectivity index (χ4n) is 2.42. The van der Waals surface area contributed by atoms with Crippen molar-refractivity contribution in [2.75, 3.05) is 0 Å². The monoisotopic (exact) mass is 380 g/mol. The lowest BCUT2D eigenvalue weighted by atomic mass is 10.1. The Hall–Kier alpha value is -3.97. The smallest absolute Gasteiger partial charge is 0.416 e. The molecule has 138 valence electrons. The van der Waals surface area contributed by atoms with Gasteiger partial charge in [0.25, 0.3) is 0 Å². The van der Waals surface area contributed by atoms with E-state index in [1.165, 1.54) is 24.3 Å². The maximum atomic E-state index is 12.8. The summed E-state index contributed by atoms with van der Waals surface area (Å²) in [5.74, 6) is 0.775. The lowest BCUT2D eigenvalue weighted by Crippen LogP contribution is -2.04. The lowest BCUT2D eigenvalue weighted by molar-refractivity contribution is -0.137. The summed E-state index contributed by atoms with van der Waals surface area (Å²) in [6.45, 7) is 0. The van der Waals surface area contributed by atoms with Crippen LogP contribution < -0.4 is 9.47 Å².